The zero-order chi connectivity index (χ0) is 12.5. The molecular formula is C15H25NS. The predicted molar refractivity (Wildman–Crippen MR) is 76.7 cm³/mol. The van der Waals surface area contributed by atoms with Gasteiger partial charge in [0.15, 0.2) is 0 Å². The van der Waals surface area contributed by atoms with Crippen molar-refractivity contribution in [1.29, 1.82) is 0 Å². The number of thiophene rings is 1. The van der Waals surface area contributed by atoms with E-state index in [1.165, 1.54) is 24.8 Å². The third-order valence-electron chi connectivity index (χ3n) is 4.68. The van der Waals surface area contributed by atoms with Crippen molar-refractivity contribution in [3.63, 3.8) is 0 Å². The van der Waals surface area contributed by atoms with Crippen molar-refractivity contribution in [2.24, 2.45) is 11.8 Å². The topological polar surface area (TPSA) is 12.0 Å². The average Bonchev–Trinajstić information content (AvgIpc) is 2.82. The Bertz CT molecular complexity index is 342. The Morgan fingerprint density at radius 3 is 2.71 bits per heavy atom. The molecule has 1 fully saturated rings. The molecule has 0 spiro atoms. The minimum Gasteiger partial charge on any atom is -0.317 e. The van der Waals surface area contributed by atoms with Crippen molar-refractivity contribution in [1.82, 2.24) is 5.32 Å². The smallest absolute Gasteiger partial charge is 0.0103 e. The van der Waals surface area contributed by atoms with Crippen LogP contribution in [0.4, 0.5) is 0 Å². The molecule has 1 aliphatic rings. The van der Waals surface area contributed by atoms with E-state index in [9.17, 15) is 0 Å². The number of nitrogens with one attached hydrogen (secondary N) is 1. The molecule has 1 nitrogen and oxygen atoms in total. The molecule has 2 heteroatoms. The molecule has 17 heavy (non-hydrogen) atoms. The second-order valence-electron chi connectivity index (χ2n) is 6.15. The van der Waals surface area contributed by atoms with Crippen molar-refractivity contribution in [3.8, 4) is 0 Å². The first kappa shape index (κ1) is 13.1. The Balaban J connectivity index is 2.20. The van der Waals surface area contributed by atoms with E-state index in [0.29, 0.717) is 11.5 Å². The van der Waals surface area contributed by atoms with Gasteiger partial charge in [0, 0.05) is 6.04 Å². The maximum absolute atomic E-state index is 3.56. The van der Waals surface area contributed by atoms with Gasteiger partial charge < -0.3 is 5.32 Å². The molecular weight excluding hydrogens is 226 g/mol. The Morgan fingerprint density at radius 2 is 2.12 bits per heavy atom. The van der Waals surface area contributed by atoms with E-state index < -0.39 is 0 Å². The van der Waals surface area contributed by atoms with Gasteiger partial charge in [0.25, 0.3) is 0 Å². The number of hydrogen-bond donors (Lipinski definition) is 1. The zero-order valence-corrected chi connectivity index (χ0v) is 12.3. The summed E-state index contributed by atoms with van der Waals surface area (Å²) in [5, 5.41) is 8.09. The van der Waals surface area contributed by atoms with Gasteiger partial charge in [-0.05, 0) is 59.5 Å². The first-order valence-electron chi connectivity index (χ1n) is 6.75. The highest BCUT2D eigenvalue weighted by Crippen LogP contribution is 2.42. The van der Waals surface area contributed by atoms with Crippen molar-refractivity contribution in [2.75, 3.05) is 7.05 Å². The molecule has 3 atom stereocenters. The molecule has 1 saturated carbocycles. The lowest BCUT2D eigenvalue weighted by molar-refractivity contribution is 0.151. The summed E-state index contributed by atoms with van der Waals surface area (Å²) in [6, 6.07) is 2.98. The fraction of sp³-hybridized carbons (Fsp3) is 0.733. The van der Waals surface area contributed by atoms with E-state index in [1.807, 2.05) is 11.3 Å². The minimum atomic E-state index is 0.299. The van der Waals surface area contributed by atoms with Crippen molar-refractivity contribution in [2.45, 2.75) is 51.5 Å². The molecule has 1 aliphatic carbocycles. The summed E-state index contributed by atoms with van der Waals surface area (Å²) in [6.45, 7) is 7.22. The van der Waals surface area contributed by atoms with Crippen LogP contribution in [0, 0.1) is 11.8 Å². The monoisotopic (exact) mass is 251 g/mol. The summed E-state index contributed by atoms with van der Waals surface area (Å²) in [5.74, 6) is 1.64. The van der Waals surface area contributed by atoms with Crippen molar-refractivity contribution < 1.29 is 0 Å². The molecule has 0 aliphatic heterocycles. The molecule has 1 aromatic heterocycles. The van der Waals surface area contributed by atoms with Gasteiger partial charge in [-0.2, -0.15) is 11.3 Å². The molecule has 96 valence electrons. The molecule has 0 bridgehead atoms. The lowest BCUT2D eigenvalue weighted by atomic mass is 9.64. The van der Waals surface area contributed by atoms with Crippen LogP contribution in [0.3, 0.4) is 0 Å². The SMILES string of the molecule is CNC1CC(C)CCC1C(C)(C)c1ccsc1. The fourth-order valence-electron chi connectivity index (χ4n) is 3.41. The first-order chi connectivity index (χ1) is 8.05. The summed E-state index contributed by atoms with van der Waals surface area (Å²) < 4.78 is 0. The molecule has 1 heterocycles. The number of rotatable bonds is 3. The van der Waals surface area contributed by atoms with Gasteiger partial charge in [0.1, 0.15) is 0 Å². The van der Waals surface area contributed by atoms with Crippen LogP contribution in [-0.2, 0) is 5.41 Å². The quantitative estimate of drug-likeness (QED) is 0.854. The average molecular weight is 251 g/mol. The summed E-state index contributed by atoms with van der Waals surface area (Å²) in [4.78, 5) is 0. The standard InChI is InChI=1S/C15H25NS/c1-11-5-6-13(14(9-11)16-4)15(2,3)12-7-8-17-10-12/h7-8,10-11,13-14,16H,5-6,9H2,1-4H3. The van der Waals surface area contributed by atoms with Crippen LogP contribution in [0.15, 0.2) is 16.8 Å². The minimum absolute atomic E-state index is 0.299. The maximum Gasteiger partial charge on any atom is 0.0103 e. The van der Waals surface area contributed by atoms with E-state index in [1.54, 1.807) is 0 Å². The second-order valence-corrected chi connectivity index (χ2v) is 6.93. The molecule has 0 amide bonds. The molecule has 0 saturated heterocycles. The molecule has 3 unspecified atom stereocenters. The largest absolute Gasteiger partial charge is 0.317 e. The molecule has 1 aromatic rings. The summed E-state index contributed by atoms with van der Waals surface area (Å²) >= 11 is 1.82. The summed E-state index contributed by atoms with van der Waals surface area (Å²) in [5.41, 5.74) is 1.82. The molecule has 2 rings (SSSR count). The van der Waals surface area contributed by atoms with Crippen LogP contribution < -0.4 is 5.32 Å². The van der Waals surface area contributed by atoms with Gasteiger partial charge in [-0.25, -0.2) is 0 Å². The van der Waals surface area contributed by atoms with E-state index in [4.69, 9.17) is 0 Å². The van der Waals surface area contributed by atoms with Crippen molar-refractivity contribution in [3.05, 3.63) is 22.4 Å². The van der Waals surface area contributed by atoms with Gasteiger partial charge in [-0.15, -0.1) is 0 Å². The first-order valence-corrected chi connectivity index (χ1v) is 7.70. The maximum atomic E-state index is 3.56. The Hall–Kier alpha value is -0.340. The van der Waals surface area contributed by atoms with Gasteiger partial charge in [-0.3, -0.25) is 0 Å². The zero-order valence-electron chi connectivity index (χ0n) is 11.5. The van der Waals surface area contributed by atoms with Crippen molar-refractivity contribution >= 4 is 11.3 Å². The van der Waals surface area contributed by atoms with E-state index in [-0.39, 0.29) is 0 Å². The Kier molecular flexibility index (Phi) is 3.94. The predicted octanol–water partition coefficient (Wildman–Crippen LogP) is 4.05. The Labute approximate surface area is 110 Å². The molecule has 1 N–H and O–H groups in total. The number of hydrogen-bond acceptors (Lipinski definition) is 2. The van der Waals surface area contributed by atoms with Crippen LogP contribution in [0.25, 0.3) is 0 Å². The highest BCUT2D eigenvalue weighted by molar-refractivity contribution is 7.08. The van der Waals surface area contributed by atoms with E-state index in [0.717, 1.165) is 11.8 Å². The van der Waals surface area contributed by atoms with Crippen LogP contribution in [0.1, 0.15) is 45.6 Å². The Morgan fingerprint density at radius 1 is 1.35 bits per heavy atom. The normalized spacial score (nSPS) is 30.5. The van der Waals surface area contributed by atoms with Crippen LogP contribution in [0.5, 0.6) is 0 Å². The van der Waals surface area contributed by atoms with Crippen LogP contribution in [-0.4, -0.2) is 13.1 Å². The van der Waals surface area contributed by atoms with Gasteiger partial charge in [0.2, 0.25) is 0 Å². The van der Waals surface area contributed by atoms with Gasteiger partial charge in [0.05, 0.1) is 0 Å². The highest BCUT2D eigenvalue weighted by Gasteiger charge is 2.39. The third kappa shape index (κ3) is 2.58. The summed E-state index contributed by atoms with van der Waals surface area (Å²) in [7, 11) is 2.12. The van der Waals surface area contributed by atoms with Crippen LogP contribution >= 0.6 is 11.3 Å². The van der Waals surface area contributed by atoms with E-state index >= 15 is 0 Å². The van der Waals surface area contributed by atoms with E-state index in [2.05, 4.69) is 50.0 Å². The summed E-state index contributed by atoms with van der Waals surface area (Å²) in [6.07, 6.45) is 4.07. The van der Waals surface area contributed by atoms with Crippen LogP contribution in [0.2, 0.25) is 0 Å². The van der Waals surface area contributed by atoms with Gasteiger partial charge in [-0.1, -0.05) is 27.2 Å². The van der Waals surface area contributed by atoms with Gasteiger partial charge >= 0.3 is 0 Å². The lowest BCUT2D eigenvalue weighted by Gasteiger charge is -2.44. The fourth-order valence-corrected chi connectivity index (χ4v) is 4.24. The molecule has 0 aromatic carbocycles. The molecule has 0 radical (unpaired) electrons. The second kappa shape index (κ2) is 5.11. The lowest BCUT2D eigenvalue weighted by Crippen LogP contribution is -2.47. The third-order valence-corrected chi connectivity index (χ3v) is 5.36. The highest BCUT2D eigenvalue weighted by atomic mass is 32.1.